The highest BCUT2D eigenvalue weighted by atomic mass is 16.3. The highest BCUT2D eigenvalue weighted by Crippen LogP contribution is 2.59. The van der Waals surface area contributed by atoms with Crippen molar-refractivity contribution in [1.29, 1.82) is 0 Å². The molecule has 0 aromatic rings. The molecular weight excluding hydrogens is 384 g/mol. The molecule has 1 unspecified atom stereocenters. The van der Waals surface area contributed by atoms with Gasteiger partial charge in [-0.05, 0) is 88.4 Å². The van der Waals surface area contributed by atoms with Crippen LogP contribution in [0, 0.1) is 40.9 Å². The molecule has 0 aromatic carbocycles. The molecule has 0 aliphatic heterocycles. The molecule has 3 aliphatic carbocycles. The Morgan fingerprint density at radius 1 is 1.16 bits per heavy atom. The fourth-order valence-corrected chi connectivity index (χ4v) is 6.87. The predicted molar refractivity (Wildman–Crippen MR) is 127 cm³/mol. The van der Waals surface area contributed by atoms with Crippen molar-refractivity contribution >= 4 is 0 Å². The lowest BCUT2D eigenvalue weighted by Gasteiger charge is -2.44. The van der Waals surface area contributed by atoms with Crippen molar-refractivity contribution in [2.24, 2.45) is 29.1 Å². The third-order valence-corrected chi connectivity index (χ3v) is 8.48. The fraction of sp³-hybridized carbons (Fsp3) is 0.786. The molecule has 0 bridgehead atoms. The van der Waals surface area contributed by atoms with Gasteiger partial charge in [-0.15, -0.1) is 5.92 Å². The highest BCUT2D eigenvalue weighted by Gasteiger charge is 2.50. The van der Waals surface area contributed by atoms with Gasteiger partial charge in [0.1, 0.15) is 5.60 Å². The first-order chi connectivity index (χ1) is 14.5. The summed E-state index contributed by atoms with van der Waals surface area (Å²) in [6, 6.07) is 0. The van der Waals surface area contributed by atoms with Crippen molar-refractivity contribution in [3.63, 3.8) is 0 Å². The van der Waals surface area contributed by atoms with Crippen LogP contribution in [0.25, 0.3) is 0 Å². The van der Waals surface area contributed by atoms with E-state index in [0.717, 1.165) is 12.8 Å². The molecule has 0 heterocycles. The van der Waals surface area contributed by atoms with Crippen molar-refractivity contribution in [3.8, 4) is 11.8 Å². The number of fused-ring (bicyclic) bond motifs is 1. The molecule has 3 saturated carbocycles. The Bertz CT molecular complexity index is 732. The largest absolute Gasteiger partial charge is 0.392 e. The van der Waals surface area contributed by atoms with Crippen LogP contribution in [0.1, 0.15) is 92.4 Å². The van der Waals surface area contributed by atoms with Gasteiger partial charge in [0, 0.05) is 12.3 Å². The van der Waals surface area contributed by atoms with Crippen LogP contribution in [0.15, 0.2) is 23.3 Å². The molecule has 0 amide bonds. The van der Waals surface area contributed by atoms with Gasteiger partial charge in [-0.1, -0.05) is 50.0 Å². The molecule has 0 aromatic heterocycles. The van der Waals surface area contributed by atoms with E-state index in [9.17, 15) is 15.3 Å². The van der Waals surface area contributed by atoms with Crippen molar-refractivity contribution < 1.29 is 15.3 Å². The fourth-order valence-electron chi connectivity index (χ4n) is 6.87. The lowest BCUT2D eigenvalue weighted by molar-refractivity contribution is -0.00700. The first-order valence-electron chi connectivity index (χ1n) is 12.5. The van der Waals surface area contributed by atoms with E-state index in [4.69, 9.17) is 0 Å². The average Bonchev–Trinajstić information content (AvgIpc) is 3.02. The van der Waals surface area contributed by atoms with Gasteiger partial charge >= 0.3 is 0 Å². The molecule has 3 aliphatic rings. The van der Waals surface area contributed by atoms with Crippen molar-refractivity contribution in [2.75, 3.05) is 0 Å². The van der Waals surface area contributed by atoms with Crippen LogP contribution in [0.4, 0.5) is 0 Å². The quantitative estimate of drug-likeness (QED) is 0.526. The minimum Gasteiger partial charge on any atom is -0.392 e. The van der Waals surface area contributed by atoms with Gasteiger partial charge in [-0.25, -0.2) is 0 Å². The van der Waals surface area contributed by atoms with Gasteiger partial charge in [-0.2, -0.15) is 0 Å². The molecule has 0 spiro atoms. The zero-order chi connectivity index (χ0) is 22.8. The van der Waals surface area contributed by atoms with Gasteiger partial charge in [0.25, 0.3) is 0 Å². The Morgan fingerprint density at radius 2 is 1.84 bits per heavy atom. The van der Waals surface area contributed by atoms with Gasteiger partial charge in [0.2, 0.25) is 0 Å². The number of aliphatic hydroxyl groups excluding tert-OH is 2. The number of rotatable bonds is 4. The van der Waals surface area contributed by atoms with Crippen LogP contribution >= 0.6 is 0 Å². The van der Waals surface area contributed by atoms with E-state index in [1.54, 1.807) is 19.4 Å². The Balaban J connectivity index is 1.71. The van der Waals surface area contributed by atoms with Gasteiger partial charge in [0.05, 0.1) is 12.2 Å². The van der Waals surface area contributed by atoms with Crippen LogP contribution in [0.2, 0.25) is 0 Å². The number of allylic oxidation sites excluding steroid dienone is 3. The first-order valence-corrected chi connectivity index (χ1v) is 12.5. The summed E-state index contributed by atoms with van der Waals surface area (Å²) in [7, 11) is 0. The van der Waals surface area contributed by atoms with E-state index in [1.807, 2.05) is 6.92 Å². The van der Waals surface area contributed by atoms with E-state index in [0.29, 0.717) is 36.0 Å². The maximum Gasteiger partial charge on any atom is 0.119 e. The van der Waals surface area contributed by atoms with E-state index < -0.39 is 17.8 Å². The SMILES string of the molecule is CCC1[C@H](O)CC(=C/C=C2\CCC[C@]3(C)[C@@H]([C@H](C)CC#CC(C)(C)O)CC[C@@H]23)C[C@@H]1O. The Kier molecular flexibility index (Phi) is 7.78. The van der Waals surface area contributed by atoms with E-state index in [-0.39, 0.29) is 5.92 Å². The third-order valence-electron chi connectivity index (χ3n) is 8.48. The van der Waals surface area contributed by atoms with Crippen molar-refractivity contribution in [1.82, 2.24) is 0 Å². The summed E-state index contributed by atoms with van der Waals surface area (Å²) in [5, 5.41) is 30.7. The summed E-state index contributed by atoms with van der Waals surface area (Å²) in [4.78, 5) is 0. The molecule has 0 radical (unpaired) electrons. The molecule has 3 fully saturated rings. The summed E-state index contributed by atoms with van der Waals surface area (Å²) < 4.78 is 0. The predicted octanol–water partition coefficient (Wildman–Crippen LogP) is 5.40. The van der Waals surface area contributed by atoms with Crippen molar-refractivity contribution in [3.05, 3.63) is 23.3 Å². The third kappa shape index (κ3) is 5.65. The summed E-state index contributed by atoms with van der Waals surface area (Å²) in [5.74, 6) is 8.09. The Labute approximate surface area is 190 Å². The highest BCUT2D eigenvalue weighted by molar-refractivity contribution is 5.26. The maximum atomic E-state index is 10.4. The number of hydrogen-bond acceptors (Lipinski definition) is 3. The van der Waals surface area contributed by atoms with Crippen LogP contribution in [0.3, 0.4) is 0 Å². The lowest BCUT2D eigenvalue weighted by Crippen LogP contribution is -2.36. The summed E-state index contributed by atoms with van der Waals surface area (Å²) in [5.41, 5.74) is 2.18. The Morgan fingerprint density at radius 3 is 2.45 bits per heavy atom. The molecule has 3 heteroatoms. The zero-order valence-corrected chi connectivity index (χ0v) is 20.3. The number of hydrogen-bond donors (Lipinski definition) is 3. The minimum atomic E-state index is -0.909. The average molecular weight is 429 g/mol. The monoisotopic (exact) mass is 428 g/mol. The van der Waals surface area contributed by atoms with Gasteiger partial charge in [-0.3, -0.25) is 0 Å². The lowest BCUT2D eigenvalue weighted by atomic mass is 9.61. The maximum absolute atomic E-state index is 10.4. The molecule has 31 heavy (non-hydrogen) atoms. The molecule has 7 atom stereocenters. The second-order valence-electron chi connectivity index (χ2n) is 11.3. The van der Waals surface area contributed by atoms with E-state index in [1.165, 1.54) is 37.7 Å². The summed E-state index contributed by atoms with van der Waals surface area (Å²) in [6.07, 6.45) is 13.0. The van der Waals surface area contributed by atoms with E-state index in [2.05, 4.69) is 37.8 Å². The smallest absolute Gasteiger partial charge is 0.119 e. The molecule has 174 valence electrons. The first kappa shape index (κ1) is 24.6. The zero-order valence-electron chi connectivity index (χ0n) is 20.3. The van der Waals surface area contributed by atoms with Gasteiger partial charge in [0.15, 0.2) is 0 Å². The molecule has 0 saturated heterocycles. The Hall–Kier alpha value is -1.08. The van der Waals surface area contributed by atoms with Crippen LogP contribution in [0.5, 0.6) is 0 Å². The standard InChI is InChI=1S/C28H44O3/c1-6-22-25(29)17-20(18-26(22)30)11-12-21-10-8-16-28(5)23(13-14-24(21)28)19(2)9-7-15-27(3,4)31/h11-12,19,22-26,29-31H,6,8-10,13-14,16-18H2,1-5H3/b20-11?,21-12+/t19-,22?,23-,24+,25-,26+,28-/m1/s1. The second kappa shape index (κ2) is 9.82. The van der Waals surface area contributed by atoms with Gasteiger partial charge < -0.3 is 15.3 Å². The second-order valence-corrected chi connectivity index (χ2v) is 11.3. The topological polar surface area (TPSA) is 60.7 Å². The van der Waals surface area contributed by atoms with Crippen molar-refractivity contribution in [2.45, 2.75) is 110 Å². The molecular formula is C28H44O3. The molecule has 3 N–H and O–H groups in total. The number of aliphatic hydroxyl groups is 3. The van der Waals surface area contributed by atoms with Crippen LogP contribution in [-0.4, -0.2) is 33.1 Å². The van der Waals surface area contributed by atoms with Crippen LogP contribution < -0.4 is 0 Å². The van der Waals surface area contributed by atoms with E-state index >= 15 is 0 Å². The van der Waals surface area contributed by atoms with Crippen LogP contribution in [-0.2, 0) is 0 Å². The minimum absolute atomic E-state index is 0.0133. The normalized spacial score (nSPS) is 39.8. The summed E-state index contributed by atoms with van der Waals surface area (Å²) >= 11 is 0. The summed E-state index contributed by atoms with van der Waals surface area (Å²) in [6.45, 7) is 10.4. The molecule has 3 nitrogen and oxygen atoms in total. The molecule has 3 rings (SSSR count).